The normalized spacial score (nSPS) is 19.8. The first kappa shape index (κ1) is 23.2. The van der Waals surface area contributed by atoms with Crippen LogP contribution in [0.1, 0.15) is 35.4 Å². The van der Waals surface area contributed by atoms with E-state index in [1.165, 1.54) is 29.8 Å². The number of benzene rings is 2. The first-order valence-electron chi connectivity index (χ1n) is 11.8. The number of rotatable bonds is 5. The Bertz CT molecular complexity index is 1390. The lowest BCUT2D eigenvalue weighted by molar-refractivity contribution is -0.384. The average Bonchev–Trinajstić information content (AvgIpc) is 2.89. The minimum Gasteiger partial charge on any atom is -0.342 e. The summed E-state index contributed by atoms with van der Waals surface area (Å²) in [6.07, 6.45) is 2.90. The summed E-state index contributed by atoms with van der Waals surface area (Å²) in [6, 6.07) is 17.9. The predicted octanol–water partition coefficient (Wildman–Crippen LogP) is 3.36. The van der Waals surface area contributed by atoms with Crippen molar-refractivity contribution in [2.24, 2.45) is 11.8 Å². The third-order valence-corrected chi connectivity index (χ3v) is 6.99. The summed E-state index contributed by atoms with van der Waals surface area (Å²) >= 11 is 0. The van der Waals surface area contributed by atoms with Gasteiger partial charge >= 0.3 is 0 Å². The molecule has 5 rings (SSSR count). The van der Waals surface area contributed by atoms with E-state index in [0.29, 0.717) is 17.4 Å². The topological polar surface area (TPSA) is 145 Å². The molecule has 1 saturated heterocycles. The molecule has 2 aliphatic rings. The summed E-state index contributed by atoms with van der Waals surface area (Å²) in [5, 5.41) is 23.3. The number of fused-ring (bicyclic) bond motifs is 1. The fraction of sp³-hybridized carbons (Fsp3) is 0.308. The molecule has 1 amide bonds. The molecule has 0 radical (unpaired) electrons. The maximum absolute atomic E-state index is 13.3. The Balaban J connectivity index is 1.41. The van der Waals surface area contributed by atoms with Crippen molar-refractivity contribution in [1.82, 2.24) is 9.97 Å². The van der Waals surface area contributed by atoms with Crippen LogP contribution in [0.5, 0.6) is 0 Å². The second-order valence-electron chi connectivity index (χ2n) is 9.19. The van der Waals surface area contributed by atoms with Crippen molar-refractivity contribution in [3.05, 3.63) is 91.8 Å². The molecule has 1 aromatic heterocycles. The number of nitro groups is 1. The Labute approximate surface area is 206 Å². The van der Waals surface area contributed by atoms with Crippen molar-refractivity contribution in [1.29, 1.82) is 5.26 Å². The minimum absolute atomic E-state index is 0.120. The van der Waals surface area contributed by atoms with Gasteiger partial charge in [0.1, 0.15) is 11.7 Å². The number of hydrogen-bond donors (Lipinski definition) is 2. The number of piperidine rings is 1. The molecule has 0 aliphatic carbocycles. The zero-order chi connectivity index (χ0) is 25.2. The van der Waals surface area contributed by atoms with Gasteiger partial charge in [-0.1, -0.05) is 42.5 Å². The van der Waals surface area contributed by atoms with E-state index in [1.807, 2.05) is 29.2 Å². The number of hydrogen-bond acceptors (Lipinski definition) is 7. The summed E-state index contributed by atoms with van der Waals surface area (Å²) in [5.41, 5.74) is 1.39. The van der Waals surface area contributed by atoms with E-state index in [0.717, 1.165) is 32.4 Å². The number of aromatic amines is 1. The monoisotopic (exact) mass is 484 g/mol. The molecular formula is C26H24N6O4. The molecule has 2 aromatic carbocycles. The highest BCUT2D eigenvalue weighted by Gasteiger charge is 2.40. The lowest BCUT2D eigenvalue weighted by Crippen LogP contribution is -2.41. The molecule has 182 valence electrons. The number of H-pyrrole nitrogens is 1. The van der Waals surface area contributed by atoms with Crippen LogP contribution in [-0.4, -0.2) is 33.9 Å². The molecular weight excluding hydrogens is 460 g/mol. The standard InChI is InChI=1S/C26H24N6O4/c27-15-20-21(18-6-8-19(9-7-18)32(35)36)22-23(28-24(20)33)29-26(30-25(22)34)31-12-10-17(11-13-31)14-16-4-2-1-3-5-16/h1-9,17,20-21H,10-14H2,(H2,28,29,30,33,34). The van der Waals surface area contributed by atoms with Crippen molar-refractivity contribution in [3.63, 3.8) is 0 Å². The third-order valence-electron chi connectivity index (χ3n) is 6.99. The van der Waals surface area contributed by atoms with Crippen LogP contribution in [0.4, 0.5) is 17.5 Å². The molecule has 0 bridgehead atoms. The molecule has 2 aliphatic heterocycles. The molecule has 1 fully saturated rings. The van der Waals surface area contributed by atoms with Gasteiger partial charge in [0.05, 0.1) is 16.6 Å². The van der Waals surface area contributed by atoms with E-state index >= 15 is 0 Å². The molecule has 10 heteroatoms. The van der Waals surface area contributed by atoms with Crippen LogP contribution < -0.4 is 15.8 Å². The summed E-state index contributed by atoms with van der Waals surface area (Å²) in [4.78, 5) is 45.9. The Morgan fingerprint density at radius 2 is 1.78 bits per heavy atom. The number of carbonyl (C=O) groups is 1. The minimum atomic E-state index is -1.17. The van der Waals surface area contributed by atoms with Gasteiger partial charge < -0.3 is 10.2 Å². The van der Waals surface area contributed by atoms with Crippen LogP contribution in [0.3, 0.4) is 0 Å². The highest BCUT2D eigenvalue weighted by Crippen LogP contribution is 2.38. The Morgan fingerprint density at radius 3 is 2.42 bits per heavy atom. The first-order valence-corrected chi connectivity index (χ1v) is 11.8. The highest BCUT2D eigenvalue weighted by atomic mass is 16.6. The largest absolute Gasteiger partial charge is 0.342 e. The Hall–Kier alpha value is -4.52. The number of nitriles is 1. The van der Waals surface area contributed by atoms with E-state index in [1.54, 1.807) is 0 Å². The van der Waals surface area contributed by atoms with Crippen molar-refractivity contribution < 1.29 is 9.72 Å². The lowest BCUT2D eigenvalue weighted by atomic mass is 9.79. The second-order valence-corrected chi connectivity index (χ2v) is 9.19. The van der Waals surface area contributed by atoms with Crippen LogP contribution >= 0.6 is 0 Å². The van der Waals surface area contributed by atoms with Crippen LogP contribution in [-0.2, 0) is 11.2 Å². The smallest absolute Gasteiger partial charge is 0.269 e. The number of amides is 1. The fourth-order valence-corrected chi connectivity index (χ4v) is 5.11. The molecule has 2 unspecified atom stereocenters. The quantitative estimate of drug-likeness (QED) is 0.417. The van der Waals surface area contributed by atoms with Gasteiger partial charge in [-0.15, -0.1) is 0 Å². The molecule has 2 atom stereocenters. The summed E-state index contributed by atoms with van der Waals surface area (Å²) < 4.78 is 0. The number of nitrogens with one attached hydrogen (secondary N) is 2. The second kappa shape index (κ2) is 9.62. The number of nitrogens with zero attached hydrogens (tertiary/aromatic N) is 4. The highest BCUT2D eigenvalue weighted by molar-refractivity contribution is 5.98. The third kappa shape index (κ3) is 4.43. The zero-order valence-electron chi connectivity index (χ0n) is 19.4. The van der Waals surface area contributed by atoms with Crippen LogP contribution in [0.15, 0.2) is 59.4 Å². The molecule has 2 N–H and O–H groups in total. The molecule has 10 nitrogen and oxygen atoms in total. The van der Waals surface area contributed by atoms with Gasteiger partial charge in [-0.3, -0.25) is 24.7 Å². The lowest BCUT2D eigenvalue weighted by Gasteiger charge is -2.34. The number of anilines is 2. The summed E-state index contributed by atoms with van der Waals surface area (Å²) in [6.45, 7) is 1.44. The van der Waals surface area contributed by atoms with Crippen LogP contribution in [0.25, 0.3) is 0 Å². The number of non-ortho nitro benzene ring substituents is 1. The van der Waals surface area contributed by atoms with Gasteiger partial charge in [0, 0.05) is 31.1 Å². The van der Waals surface area contributed by atoms with E-state index in [4.69, 9.17) is 0 Å². The first-order chi connectivity index (χ1) is 17.4. The van der Waals surface area contributed by atoms with Crippen molar-refractivity contribution in [3.8, 4) is 6.07 Å². The Morgan fingerprint density at radius 1 is 1.08 bits per heavy atom. The Kier molecular flexibility index (Phi) is 6.21. The van der Waals surface area contributed by atoms with Crippen molar-refractivity contribution >= 4 is 23.4 Å². The molecule has 3 aromatic rings. The van der Waals surface area contributed by atoms with E-state index in [2.05, 4.69) is 27.4 Å². The van der Waals surface area contributed by atoms with Gasteiger partial charge in [-0.2, -0.15) is 10.2 Å². The van der Waals surface area contributed by atoms with Gasteiger partial charge in [0.2, 0.25) is 11.9 Å². The predicted molar refractivity (Wildman–Crippen MR) is 133 cm³/mol. The van der Waals surface area contributed by atoms with E-state index in [9.17, 15) is 25.0 Å². The van der Waals surface area contributed by atoms with Gasteiger partial charge in [0.15, 0.2) is 0 Å². The van der Waals surface area contributed by atoms with E-state index < -0.39 is 28.2 Å². The van der Waals surface area contributed by atoms with Crippen molar-refractivity contribution in [2.45, 2.75) is 25.2 Å². The van der Waals surface area contributed by atoms with Crippen molar-refractivity contribution in [2.75, 3.05) is 23.3 Å². The van der Waals surface area contributed by atoms with Gasteiger partial charge in [-0.05, 0) is 36.3 Å². The summed E-state index contributed by atoms with van der Waals surface area (Å²) in [7, 11) is 0. The van der Waals surface area contributed by atoms with Gasteiger partial charge in [0.25, 0.3) is 11.2 Å². The fourth-order valence-electron chi connectivity index (χ4n) is 5.11. The van der Waals surface area contributed by atoms with Crippen LogP contribution in [0.2, 0.25) is 0 Å². The molecule has 0 saturated carbocycles. The molecule has 0 spiro atoms. The SMILES string of the molecule is N#CC1C(=O)Nc2nc(N3CCC(Cc4ccccc4)CC3)[nH]c(=O)c2C1c1ccc([N+](=O)[O-])cc1. The zero-order valence-corrected chi connectivity index (χ0v) is 19.4. The van der Waals surface area contributed by atoms with Crippen LogP contribution in [0, 0.1) is 33.3 Å². The molecule has 36 heavy (non-hydrogen) atoms. The number of nitro benzene ring substituents is 1. The van der Waals surface area contributed by atoms with E-state index in [-0.39, 0.29) is 17.1 Å². The average molecular weight is 485 g/mol. The summed E-state index contributed by atoms with van der Waals surface area (Å²) in [5.74, 6) is -1.56. The number of carbonyl (C=O) groups excluding carboxylic acids is 1. The maximum Gasteiger partial charge on any atom is 0.269 e. The maximum atomic E-state index is 13.3. The molecule has 3 heterocycles. The van der Waals surface area contributed by atoms with Gasteiger partial charge in [-0.25, -0.2) is 0 Å². The number of aromatic nitrogens is 2.